The number of carbonyl (C=O) groups is 1. The number of hydrogen-bond acceptors (Lipinski definition) is 5. The minimum absolute atomic E-state index is 0.117. The van der Waals surface area contributed by atoms with Gasteiger partial charge in [-0.25, -0.2) is 4.79 Å². The number of hydrogen-bond donors (Lipinski definition) is 3. The molecule has 6 heteroatoms. The molecule has 2 fully saturated rings. The van der Waals surface area contributed by atoms with Crippen molar-refractivity contribution < 1.29 is 19.7 Å². The highest BCUT2D eigenvalue weighted by Gasteiger charge is 2.43. The summed E-state index contributed by atoms with van der Waals surface area (Å²) in [5.74, 6) is 0.786. The van der Waals surface area contributed by atoms with Crippen molar-refractivity contribution in [1.82, 2.24) is 4.98 Å². The summed E-state index contributed by atoms with van der Waals surface area (Å²) in [6, 6.07) is 2.65. The number of aromatic nitrogens is 1. The quantitative estimate of drug-likeness (QED) is 0.558. The van der Waals surface area contributed by atoms with Crippen LogP contribution in [0, 0.1) is 11.8 Å². The first-order valence-electron chi connectivity index (χ1n) is 9.76. The van der Waals surface area contributed by atoms with Crippen LogP contribution in [-0.2, 0) is 11.2 Å². The third-order valence-electron chi connectivity index (χ3n) is 5.82. The fourth-order valence-electron chi connectivity index (χ4n) is 3.47. The van der Waals surface area contributed by atoms with Gasteiger partial charge in [0.15, 0.2) is 5.60 Å². The highest BCUT2D eigenvalue weighted by Crippen LogP contribution is 2.33. The van der Waals surface area contributed by atoms with Crippen LogP contribution in [0.25, 0.3) is 0 Å². The van der Waals surface area contributed by atoms with Crippen LogP contribution in [0.2, 0.25) is 0 Å². The molecule has 2 saturated carbocycles. The van der Waals surface area contributed by atoms with Gasteiger partial charge in [-0.3, -0.25) is 4.98 Å². The number of nitrogens with two attached hydrogens (primary N) is 1. The zero-order chi connectivity index (χ0) is 18.6. The summed E-state index contributed by atoms with van der Waals surface area (Å²) in [7, 11) is 0. The van der Waals surface area contributed by atoms with Gasteiger partial charge in [-0.05, 0) is 37.2 Å². The molecule has 0 radical (unpaired) electrons. The first kappa shape index (κ1) is 19.1. The lowest BCUT2D eigenvalue weighted by Crippen LogP contribution is -2.55. The van der Waals surface area contributed by atoms with Gasteiger partial charge in [0.1, 0.15) is 5.75 Å². The molecule has 6 nitrogen and oxygen atoms in total. The maximum atomic E-state index is 11.7. The van der Waals surface area contributed by atoms with E-state index < -0.39 is 17.6 Å². The average Bonchev–Trinajstić information content (AvgIpc) is 3.37. The largest absolute Gasteiger partial charge is 0.493 e. The summed E-state index contributed by atoms with van der Waals surface area (Å²) >= 11 is 0. The van der Waals surface area contributed by atoms with Crippen LogP contribution in [0.15, 0.2) is 18.3 Å². The Balaban J connectivity index is 1.59. The minimum atomic E-state index is -2.01. The Morgan fingerprint density at radius 3 is 2.65 bits per heavy atom. The lowest BCUT2D eigenvalue weighted by molar-refractivity contribution is -0.161. The zero-order valence-electron chi connectivity index (χ0n) is 15.3. The van der Waals surface area contributed by atoms with Crippen LogP contribution in [0.3, 0.4) is 0 Å². The zero-order valence-corrected chi connectivity index (χ0v) is 15.3. The molecule has 2 aliphatic carbocycles. The van der Waals surface area contributed by atoms with Crippen LogP contribution in [0.4, 0.5) is 0 Å². The molecule has 2 aliphatic rings. The van der Waals surface area contributed by atoms with E-state index in [1.165, 1.54) is 32.1 Å². The summed E-state index contributed by atoms with van der Waals surface area (Å²) in [5, 5.41) is 20.3. The number of pyridine rings is 1. The second kappa shape index (κ2) is 8.35. The molecule has 0 bridgehead atoms. The molecule has 2 atom stereocenters. The molecule has 0 aromatic carbocycles. The van der Waals surface area contributed by atoms with E-state index in [4.69, 9.17) is 10.5 Å². The Bertz CT molecular complexity index is 616. The van der Waals surface area contributed by atoms with Gasteiger partial charge in [-0.2, -0.15) is 0 Å². The first-order valence-corrected chi connectivity index (χ1v) is 9.76. The molecule has 0 aliphatic heterocycles. The maximum absolute atomic E-state index is 11.7. The molecular weight excluding hydrogens is 332 g/mol. The van der Waals surface area contributed by atoms with Gasteiger partial charge in [-0.15, -0.1) is 0 Å². The van der Waals surface area contributed by atoms with Gasteiger partial charge >= 0.3 is 5.97 Å². The Hall–Kier alpha value is -1.66. The summed E-state index contributed by atoms with van der Waals surface area (Å²) in [6.45, 7) is 0.651. The normalized spacial score (nSPS) is 20.8. The summed E-state index contributed by atoms with van der Waals surface area (Å²) in [5.41, 5.74) is 4.57. The van der Waals surface area contributed by atoms with Crippen molar-refractivity contribution in [3.05, 3.63) is 24.0 Å². The van der Waals surface area contributed by atoms with Crippen molar-refractivity contribution in [2.45, 2.75) is 69.4 Å². The number of nitrogens with zero attached hydrogens (tertiary/aromatic N) is 1. The van der Waals surface area contributed by atoms with Gasteiger partial charge in [0.25, 0.3) is 0 Å². The van der Waals surface area contributed by atoms with Gasteiger partial charge in [0.2, 0.25) is 0 Å². The fraction of sp³-hybridized carbons (Fsp3) is 0.700. The molecule has 1 aromatic heterocycles. The molecule has 0 spiro atoms. The second-order valence-electron chi connectivity index (χ2n) is 7.95. The Labute approximate surface area is 154 Å². The molecule has 3 rings (SSSR count). The number of carboxylic acids is 1. The molecule has 144 valence electrons. The van der Waals surface area contributed by atoms with E-state index in [2.05, 4.69) is 4.98 Å². The van der Waals surface area contributed by atoms with E-state index in [0.29, 0.717) is 30.4 Å². The van der Waals surface area contributed by atoms with Gasteiger partial charge in [-0.1, -0.05) is 32.1 Å². The third kappa shape index (κ3) is 4.95. The van der Waals surface area contributed by atoms with Crippen molar-refractivity contribution in [2.75, 3.05) is 6.61 Å². The lowest BCUT2D eigenvalue weighted by atomic mass is 9.78. The van der Waals surface area contributed by atoms with Crippen molar-refractivity contribution in [1.29, 1.82) is 0 Å². The van der Waals surface area contributed by atoms with E-state index in [1.54, 1.807) is 18.3 Å². The van der Waals surface area contributed by atoms with Crippen LogP contribution in [-0.4, -0.2) is 39.4 Å². The number of aliphatic carboxylic acids is 1. The van der Waals surface area contributed by atoms with Crippen LogP contribution in [0.1, 0.15) is 57.1 Å². The molecule has 4 N–H and O–H groups in total. The van der Waals surface area contributed by atoms with Crippen LogP contribution >= 0.6 is 0 Å². The summed E-state index contributed by atoms with van der Waals surface area (Å²) in [6.07, 6.45) is 10.1. The van der Waals surface area contributed by atoms with E-state index in [-0.39, 0.29) is 6.42 Å². The first-order chi connectivity index (χ1) is 12.5. The third-order valence-corrected chi connectivity index (χ3v) is 5.82. The molecule has 0 amide bonds. The standard InChI is InChI=1S/C20H30N2O4/c21-18(7-6-14-2-1-3-14)20(25,19(23)24)13-16-12-17(8-10-22-16)26-11-9-15-4-5-15/h8,10,12,14-15,18,25H,1-7,9,11,13,21H2,(H,23,24)/t18-,20+/m0/s1. The average molecular weight is 362 g/mol. The van der Waals surface area contributed by atoms with Gasteiger partial charge in [0.05, 0.1) is 6.61 Å². The van der Waals surface area contributed by atoms with E-state index in [9.17, 15) is 15.0 Å². The van der Waals surface area contributed by atoms with Crippen molar-refractivity contribution in [3.63, 3.8) is 0 Å². The van der Waals surface area contributed by atoms with Gasteiger partial charge < -0.3 is 20.7 Å². The number of rotatable bonds is 11. The SMILES string of the molecule is N[C@@H](CCC1CCC1)[C@](O)(Cc1cc(OCCC2CC2)ccn1)C(=O)O. The van der Waals surface area contributed by atoms with E-state index in [0.717, 1.165) is 18.8 Å². The molecule has 1 aromatic rings. The van der Waals surface area contributed by atoms with Crippen LogP contribution < -0.4 is 10.5 Å². The monoisotopic (exact) mass is 362 g/mol. The molecular formula is C20H30N2O4. The van der Waals surface area contributed by atoms with Crippen molar-refractivity contribution in [3.8, 4) is 5.75 Å². The van der Waals surface area contributed by atoms with Gasteiger partial charge in [0, 0.05) is 30.4 Å². The maximum Gasteiger partial charge on any atom is 0.337 e. The predicted octanol–water partition coefficient (Wildman–Crippen LogP) is 2.53. The minimum Gasteiger partial charge on any atom is -0.493 e. The highest BCUT2D eigenvalue weighted by molar-refractivity contribution is 5.78. The fourth-order valence-corrected chi connectivity index (χ4v) is 3.47. The number of ether oxygens (including phenoxy) is 1. The Kier molecular flexibility index (Phi) is 6.14. The molecule has 26 heavy (non-hydrogen) atoms. The van der Waals surface area contributed by atoms with E-state index >= 15 is 0 Å². The summed E-state index contributed by atoms with van der Waals surface area (Å²) < 4.78 is 5.73. The predicted molar refractivity (Wildman–Crippen MR) is 97.9 cm³/mol. The second-order valence-corrected chi connectivity index (χ2v) is 7.95. The Morgan fingerprint density at radius 2 is 2.04 bits per heavy atom. The topological polar surface area (TPSA) is 106 Å². The smallest absolute Gasteiger partial charge is 0.337 e. The van der Waals surface area contributed by atoms with Crippen LogP contribution in [0.5, 0.6) is 5.75 Å². The van der Waals surface area contributed by atoms with Crippen molar-refractivity contribution in [2.24, 2.45) is 17.6 Å². The van der Waals surface area contributed by atoms with E-state index in [1.807, 2.05) is 0 Å². The number of carboxylic acid groups (broad SMARTS) is 1. The number of aliphatic hydroxyl groups is 1. The Morgan fingerprint density at radius 1 is 1.31 bits per heavy atom. The van der Waals surface area contributed by atoms with Crippen molar-refractivity contribution >= 4 is 5.97 Å². The lowest BCUT2D eigenvalue weighted by Gasteiger charge is -2.32. The summed E-state index contributed by atoms with van der Waals surface area (Å²) in [4.78, 5) is 16.0. The highest BCUT2D eigenvalue weighted by atomic mass is 16.5. The molecule has 0 saturated heterocycles. The molecule has 1 heterocycles. The molecule has 0 unspecified atom stereocenters.